The Morgan fingerprint density at radius 2 is 1.68 bits per heavy atom. The molecule has 0 aliphatic carbocycles. The van der Waals surface area contributed by atoms with Gasteiger partial charge in [-0.1, -0.05) is 42.5 Å². The van der Waals surface area contributed by atoms with Gasteiger partial charge < -0.3 is 11.1 Å². The minimum Gasteiger partial charge on any atom is -0.368 e. The molecule has 0 fully saturated rings. The second-order valence-corrected chi connectivity index (χ2v) is 7.55. The molecule has 2 aromatic carbocycles. The van der Waals surface area contributed by atoms with Crippen LogP contribution in [0.15, 0.2) is 66.7 Å². The summed E-state index contributed by atoms with van der Waals surface area (Å²) in [6.07, 6.45) is -0.0778. The average molecular weight is 412 g/mol. The van der Waals surface area contributed by atoms with E-state index in [4.69, 9.17) is 10.7 Å². The fraction of sp³-hybridized carbons (Fsp3) is 0.167. The molecule has 31 heavy (non-hydrogen) atoms. The van der Waals surface area contributed by atoms with E-state index in [0.717, 1.165) is 16.8 Å². The van der Waals surface area contributed by atoms with Gasteiger partial charge in [0.2, 0.25) is 5.95 Å². The van der Waals surface area contributed by atoms with E-state index in [0.29, 0.717) is 22.3 Å². The van der Waals surface area contributed by atoms with Crippen LogP contribution in [0.3, 0.4) is 0 Å². The number of hydrogen-bond acceptors (Lipinski definition) is 6. The largest absolute Gasteiger partial charge is 0.368 e. The fourth-order valence-electron chi connectivity index (χ4n) is 3.21. The van der Waals surface area contributed by atoms with Crippen LogP contribution in [0.25, 0.3) is 33.5 Å². The zero-order valence-electron chi connectivity index (χ0n) is 17.7. The number of carbonyl (C=O) groups is 1. The summed E-state index contributed by atoms with van der Waals surface area (Å²) in [6, 6.07) is 20.9. The molecule has 7 nitrogen and oxygen atoms in total. The van der Waals surface area contributed by atoms with Gasteiger partial charge in [-0.2, -0.15) is 0 Å². The van der Waals surface area contributed by atoms with E-state index < -0.39 is 0 Å². The van der Waals surface area contributed by atoms with Crippen LogP contribution >= 0.6 is 0 Å². The highest BCUT2D eigenvalue weighted by Crippen LogP contribution is 2.28. The highest BCUT2D eigenvalue weighted by atomic mass is 16.1. The maximum atomic E-state index is 12.6. The summed E-state index contributed by atoms with van der Waals surface area (Å²) in [6.45, 7) is 1.93. The van der Waals surface area contributed by atoms with Crippen molar-refractivity contribution in [3.05, 3.63) is 72.3 Å². The average Bonchev–Trinajstić information content (AvgIpc) is 2.78. The highest BCUT2D eigenvalue weighted by Gasteiger charge is 2.14. The molecule has 1 atom stereocenters. The molecule has 156 valence electrons. The van der Waals surface area contributed by atoms with Gasteiger partial charge in [-0.3, -0.25) is 9.69 Å². The van der Waals surface area contributed by atoms with Gasteiger partial charge in [0.1, 0.15) is 11.2 Å². The van der Waals surface area contributed by atoms with E-state index in [2.05, 4.69) is 15.3 Å². The van der Waals surface area contributed by atoms with Crippen molar-refractivity contribution in [1.29, 1.82) is 0 Å². The quantitative estimate of drug-likeness (QED) is 0.486. The van der Waals surface area contributed by atoms with Crippen molar-refractivity contribution < 1.29 is 4.79 Å². The van der Waals surface area contributed by atoms with E-state index >= 15 is 0 Å². The minimum absolute atomic E-state index is 0.0778. The summed E-state index contributed by atoms with van der Waals surface area (Å²) in [5.41, 5.74) is 11.0. The van der Waals surface area contributed by atoms with E-state index in [-0.39, 0.29) is 18.0 Å². The van der Waals surface area contributed by atoms with Gasteiger partial charge in [0.15, 0.2) is 0 Å². The molecule has 3 N–H and O–H groups in total. The smallest absolute Gasteiger partial charge is 0.252 e. The number of rotatable bonds is 5. The predicted molar refractivity (Wildman–Crippen MR) is 123 cm³/mol. The SMILES string of the molecule is CC(NC(=O)c1cccc(-c2ccc3nc(N)nc(-c4ccccc4)c3n2)c1)N(C)C. The summed E-state index contributed by atoms with van der Waals surface area (Å²) in [5, 5.41) is 2.97. The Hall–Kier alpha value is -3.84. The number of benzene rings is 2. The summed E-state index contributed by atoms with van der Waals surface area (Å²) in [7, 11) is 3.83. The minimum atomic E-state index is -0.134. The molecule has 0 aliphatic rings. The lowest BCUT2D eigenvalue weighted by Crippen LogP contribution is -2.42. The number of fused-ring (bicyclic) bond motifs is 1. The molecule has 0 saturated carbocycles. The Labute approximate surface area is 181 Å². The van der Waals surface area contributed by atoms with E-state index in [1.165, 1.54) is 0 Å². The van der Waals surface area contributed by atoms with Crippen molar-refractivity contribution >= 4 is 22.9 Å². The fourth-order valence-corrected chi connectivity index (χ4v) is 3.21. The topological polar surface area (TPSA) is 97.0 Å². The van der Waals surface area contributed by atoms with Crippen molar-refractivity contribution in [2.75, 3.05) is 19.8 Å². The second-order valence-electron chi connectivity index (χ2n) is 7.55. The molecule has 2 heterocycles. The molecule has 2 aromatic heterocycles. The van der Waals surface area contributed by atoms with Crippen molar-refractivity contribution in [1.82, 2.24) is 25.2 Å². The van der Waals surface area contributed by atoms with Crippen LogP contribution in [0.5, 0.6) is 0 Å². The first-order valence-corrected chi connectivity index (χ1v) is 10.00. The van der Waals surface area contributed by atoms with Crippen LogP contribution in [0.4, 0.5) is 5.95 Å². The molecule has 1 unspecified atom stereocenters. The lowest BCUT2D eigenvalue weighted by atomic mass is 10.1. The van der Waals surface area contributed by atoms with Crippen LogP contribution in [0.2, 0.25) is 0 Å². The van der Waals surface area contributed by atoms with Crippen LogP contribution in [-0.2, 0) is 0 Å². The third kappa shape index (κ3) is 4.36. The molecule has 7 heteroatoms. The summed E-state index contributed by atoms with van der Waals surface area (Å²) in [5.74, 6) is 0.0690. The van der Waals surface area contributed by atoms with Crippen molar-refractivity contribution in [2.45, 2.75) is 13.1 Å². The van der Waals surface area contributed by atoms with Gasteiger partial charge in [0.25, 0.3) is 5.91 Å². The first-order chi connectivity index (χ1) is 14.9. The molecule has 4 aromatic rings. The van der Waals surface area contributed by atoms with Crippen molar-refractivity contribution in [3.63, 3.8) is 0 Å². The van der Waals surface area contributed by atoms with E-state index in [9.17, 15) is 4.79 Å². The van der Waals surface area contributed by atoms with Crippen molar-refractivity contribution in [2.24, 2.45) is 0 Å². The Morgan fingerprint density at radius 3 is 2.42 bits per heavy atom. The maximum absolute atomic E-state index is 12.6. The third-order valence-corrected chi connectivity index (χ3v) is 5.14. The maximum Gasteiger partial charge on any atom is 0.252 e. The number of nitrogens with two attached hydrogens (primary N) is 1. The van der Waals surface area contributed by atoms with Crippen LogP contribution < -0.4 is 11.1 Å². The van der Waals surface area contributed by atoms with Gasteiger partial charge in [-0.15, -0.1) is 0 Å². The number of amides is 1. The van der Waals surface area contributed by atoms with E-state index in [1.54, 1.807) is 6.07 Å². The van der Waals surface area contributed by atoms with E-state index in [1.807, 2.05) is 86.6 Å². The zero-order valence-corrected chi connectivity index (χ0v) is 17.7. The second kappa shape index (κ2) is 8.49. The number of nitrogens with zero attached hydrogens (tertiary/aromatic N) is 4. The third-order valence-electron chi connectivity index (χ3n) is 5.14. The molecule has 0 radical (unpaired) electrons. The molecule has 4 rings (SSSR count). The molecular formula is C24H24N6O. The number of carbonyl (C=O) groups excluding carboxylic acids is 1. The lowest BCUT2D eigenvalue weighted by molar-refractivity contribution is 0.0900. The molecule has 0 spiro atoms. The molecule has 1 amide bonds. The van der Waals surface area contributed by atoms with Gasteiger partial charge in [-0.05, 0) is 45.3 Å². The van der Waals surface area contributed by atoms with Crippen LogP contribution in [0.1, 0.15) is 17.3 Å². The van der Waals surface area contributed by atoms with Crippen LogP contribution in [0, 0.1) is 0 Å². The normalized spacial score (nSPS) is 12.1. The molecular weight excluding hydrogens is 388 g/mol. The molecule has 0 bridgehead atoms. The number of nitrogens with one attached hydrogen (secondary N) is 1. The standard InChI is InChI=1S/C24H24N6O/c1-15(30(2)3)26-23(31)18-11-7-10-17(14-18)19-12-13-20-22(27-19)21(29-24(25)28-20)16-8-5-4-6-9-16/h4-15H,1-3H3,(H,26,31)(H2,25,28,29). The van der Waals surface area contributed by atoms with Gasteiger partial charge in [0.05, 0.1) is 17.4 Å². The van der Waals surface area contributed by atoms with Gasteiger partial charge in [-0.25, -0.2) is 15.0 Å². The molecule has 0 saturated heterocycles. The number of anilines is 1. The number of nitrogen functional groups attached to an aromatic ring is 1. The highest BCUT2D eigenvalue weighted by molar-refractivity contribution is 5.96. The summed E-state index contributed by atoms with van der Waals surface area (Å²) < 4.78 is 0. The van der Waals surface area contributed by atoms with Crippen LogP contribution in [-0.4, -0.2) is 46.0 Å². The first kappa shape index (κ1) is 20.4. The number of aromatic nitrogens is 3. The zero-order chi connectivity index (χ0) is 22.0. The monoisotopic (exact) mass is 412 g/mol. The Balaban J connectivity index is 1.76. The van der Waals surface area contributed by atoms with Crippen molar-refractivity contribution in [3.8, 4) is 22.5 Å². The molecule has 0 aliphatic heterocycles. The Morgan fingerprint density at radius 1 is 0.935 bits per heavy atom. The van der Waals surface area contributed by atoms with Gasteiger partial charge in [0, 0.05) is 16.7 Å². The number of pyridine rings is 1. The van der Waals surface area contributed by atoms with Gasteiger partial charge >= 0.3 is 0 Å². The number of hydrogen-bond donors (Lipinski definition) is 2. The lowest BCUT2D eigenvalue weighted by Gasteiger charge is -2.21. The Bertz CT molecular complexity index is 1240. The summed E-state index contributed by atoms with van der Waals surface area (Å²) >= 11 is 0. The summed E-state index contributed by atoms with van der Waals surface area (Å²) in [4.78, 5) is 28.2. The first-order valence-electron chi connectivity index (χ1n) is 10.00. The predicted octanol–water partition coefficient (Wildman–Crippen LogP) is 3.58. The Kier molecular flexibility index (Phi) is 5.60.